The van der Waals surface area contributed by atoms with E-state index in [1.165, 1.54) is 51.6 Å². The van der Waals surface area contributed by atoms with Crippen molar-refractivity contribution in [2.45, 2.75) is 69.5 Å². The Hall–Kier alpha value is -0.120. The third-order valence-corrected chi connectivity index (χ3v) is 5.63. The van der Waals surface area contributed by atoms with E-state index in [-0.39, 0.29) is 0 Å². The van der Waals surface area contributed by atoms with Gasteiger partial charge in [-0.3, -0.25) is 4.90 Å². The fourth-order valence-electron chi connectivity index (χ4n) is 4.10. The van der Waals surface area contributed by atoms with E-state index in [0.29, 0.717) is 17.1 Å². The third kappa shape index (κ3) is 2.10. The number of nitrogens with zero attached hydrogens (tertiary/aromatic N) is 1. The summed E-state index contributed by atoms with van der Waals surface area (Å²) < 4.78 is 5.65. The third-order valence-electron chi connectivity index (χ3n) is 5.63. The highest BCUT2D eigenvalue weighted by Gasteiger charge is 2.49. The zero-order valence-electron chi connectivity index (χ0n) is 12.0. The molecule has 104 valence electrons. The average Bonchev–Trinajstić information content (AvgIpc) is 3.05. The molecule has 2 unspecified atom stereocenters. The maximum Gasteiger partial charge on any atom is 0.0622 e. The van der Waals surface area contributed by atoms with Gasteiger partial charge in [0.2, 0.25) is 0 Å². The lowest BCUT2D eigenvalue weighted by Gasteiger charge is -2.54. The minimum Gasteiger partial charge on any atom is -0.380 e. The fraction of sp³-hybridized carbons (Fsp3) is 1.00. The standard InChI is InChI=1S/C15H28N2O/c1-3-14(2)12-17(13-6-9-18-10-13)15(11-16-14)7-4-5-8-15/h13,16H,3-12H2,1-2H3. The summed E-state index contributed by atoms with van der Waals surface area (Å²) in [5.41, 5.74) is 0.753. The quantitative estimate of drug-likeness (QED) is 0.815. The summed E-state index contributed by atoms with van der Waals surface area (Å²) in [5, 5.41) is 3.85. The summed E-state index contributed by atoms with van der Waals surface area (Å²) in [6, 6.07) is 0.677. The summed E-state index contributed by atoms with van der Waals surface area (Å²) in [4.78, 5) is 2.84. The van der Waals surface area contributed by atoms with Crippen LogP contribution in [0, 0.1) is 0 Å². The Balaban J connectivity index is 1.81. The molecule has 0 bridgehead atoms. The van der Waals surface area contributed by atoms with Crippen LogP contribution in [0.5, 0.6) is 0 Å². The first-order valence-electron chi connectivity index (χ1n) is 7.77. The smallest absolute Gasteiger partial charge is 0.0622 e. The van der Waals surface area contributed by atoms with Gasteiger partial charge in [-0.2, -0.15) is 0 Å². The Labute approximate surface area is 111 Å². The molecule has 3 fully saturated rings. The van der Waals surface area contributed by atoms with Crippen molar-refractivity contribution in [2.75, 3.05) is 26.3 Å². The molecule has 1 aliphatic carbocycles. The highest BCUT2D eigenvalue weighted by molar-refractivity contribution is 5.07. The minimum atomic E-state index is 0.302. The van der Waals surface area contributed by atoms with Crippen molar-refractivity contribution in [1.82, 2.24) is 10.2 Å². The van der Waals surface area contributed by atoms with Crippen LogP contribution in [0.1, 0.15) is 52.4 Å². The minimum absolute atomic E-state index is 0.302. The van der Waals surface area contributed by atoms with Crippen LogP contribution in [-0.4, -0.2) is 48.3 Å². The van der Waals surface area contributed by atoms with Crippen molar-refractivity contribution in [2.24, 2.45) is 0 Å². The van der Waals surface area contributed by atoms with Crippen molar-refractivity contribution in [3.63, 3.8) is 0 Å². The Morgan fingerprint density at radius 2 is 2.11 bits per heavy atom. The molecule has 0 amide bonds. The van der Waals surface area contributed by atoms with Gasteiger partial charge in [0.25, 0.3) is 0 Å². The Morgan fingerprint density at radius 3 is 2.72 bits per heavy atom. The van der Waals surface area contributed by atoms with Crippen LogP contribution in [0.2, 0.25) is 0 Å². The van der Waals surface area contributed by atoms with Crippen LogP contribution >= 0.6 is 0 Å². The molecule has 2 atom stereocenters. The van der Waals surface area contributed by atoms with Crippen molar-refractivity contribution in [3.8, 4) is 0 Å². The van der Waals surface area contributed by atoms with Crippen LogP contribution in [-0.2, 0) is 4.74 Å². The molecule has 18 heavy (non-hydrogen) atoms. The largest absolute Gasteiger partial charge is 0.380 e. The van der Waals surface area contributed by atoms with Crippen molar-refractivity contribution < 1.29 is 4.74 Å². The van der Waals surface area contributed by atoms with Gasteiger partial charge in [-0.25, -0.2) is 0 Å². The summed E-state index contributed by atoms with van der Waals surface area (Å²) in [7, 11) is 0. The van der Waals surface area contributed by atoms with E-state index >= 15 is 0 Å². The molecule has 2 aliphatic heterocycles. The van der Waals surface area contributed by atoms with Gasteiger partial charge in [-0.05, 0) is 32.6 Å². The van der Waals surface area contributed by atoms with Crippen LogP contribution < -0.4 is 5.32 Å². The second kappa shape index (κ2) is 4.77. The fourth-order valence-corrected chi connectivity index (χ4v) is 4.10. The summed E-state index contributed by atoms with van der Waals surface area (Å²) >= 11 is 0. The first kappa shape index (κ1) is 12.9. The topological polar surface area (TPSA) is 24.5 Å². The van der Waals surface area contributed by atoms with Gasteiger partial charge in [-0.1, -0.05) is 19.8 Å². The number of hydrogen-bond donors (Lipinski definition) is 1. The predicted molar refractivity (Wildman–Crippen MR) is 73.8 cm³/mol. The van der Waals surface area contributed by atoms with Gasteiger partial charge in [0.1, 0.15) is 0 Å². The van der Waals surface area contributed by atoms with Gasteiger partial charge in [0.15, 0.2) is 0 Å². The zero-order chi connectivity index (χ0) is 12.6. The van der Waals surface area contributed by atoms with E-state index in [0.717, 1.165) is 13.2 Å². The van der Waals surface area contributed by atoms with Crippen LogP contribution in [0.4, 0.5) is 0 Å². The predicted octanol–water partition coefficient (Wildman–Crippen LogP) is 2.16. The average molecular weight is 252 g/mol. The monoisotopic (exact) mass is 252 g/mol. The number of nitrogens with one attached hydrogen (secondary N) is 1. The molecule has 0 aromatic carbocycles. The SMILES string of the molecule is CCC1(C)CN(C2CCOC2)C2(CCCC2)CN1. The van der Waals surface area contributed by atoms with Crippen LogP contribution in [0.25, 0.3) is 0 Å². The van der Waals surface area contributed by atoms with Gasteiger partial charge < -0.3 is 10.1 Å². The van der Waals surface area contributed by atoms with E-state index in [9.17, 15) is 0 Å². The van der Waals surface area contributed by atoms with E-state index in [1.54, 1.807) is 0 Å². The van der Waals surface area contributed by atoms with Crippen molar-refractivity contribution in [3.05, 3.63) is 0 Å². The molecule has 3 rings (SSSR count). The Bertz CT molecular complexity index is 295. The van der Waals surface area contributed by atoms with E-state index in [4.69, 9.17) is 4.74 Å². The first-order chi connectivity index (χ1) is 8.68. The maximum absolute atomic E-state index is 5.65. The molecule has 1 spiro atoms. The highest BCUT2D eigenvalue weighted by atomic mass is 16.5. The molecule has 3 aliphatic rings. The molecule has 0 aromatic heterocycles. The van der Waals surface area contributed by atoms with Crippen molar-refractivity contribution in [1.29, 1.82) is 0 Å². The lowest BCUT2D eigenvalue weighted by atomic mass is 9.83. The summed E-state index contributed by atoms with van der Waals surface area (Å²) in [5.74, 6) is 0. The molecule has 3 nitrogen and oxygen atoms in total. The molecule has 1 N–H and O–H groups in total. The van der Waals surface area contributed by atoms with Gasteiger partial charge in [0.05, 0.1) is 6.61 Å². The molecule has 2 saturated heterocycles. The molecule has 3 heteroatoms. The molecule has 1 saturated carbocycles. The maximum atomic E-state index is 5.65. The number of piperazine rings is 1. The number of rotatable bonds is 2. The lowest BCUT2D eigenvalue weighted by Crippen LogP contribution is -2.70. The number of hydrogen-bond acceptors (Lipinski definition) is 3. The molecule has 0 aromatic rings. The van der Waals surface area contributed by atoms with Crippen LogP contribution in [0.15, 0.2) is 0 Å². The van der Waals surface area contributed by atoms with Gasteiger partial charge >= 0.3 is 0 Å². The summed E-state index contributed by atoms with van der Waals surface area (Å²) in [6.45, 7) is 9.01. The van der Waals surface area contributed by atoms with E-state index in [1.807, 2.05) is 0 Å². The van der Waals surface area contributed by atoms with Gasteiger partial charge in [0, 0.05) is 36.8 Å². The van der Waals surface area contributed by atoms with E-state index in [2.05, 4.69) is 24.1 Å². The molecule has 2 heterocycles. The lowest BCUT2D eigenvalue weighted by molar-refractivity contribution is -0.0233. The van der Waals surface area contributed by atoms with Gasteiger partial charge in [-0.15, -0.1) is 0 Å². The highest BCUT2D eigenvalue weighted by Crippen LogP contribution is 2.41. The normalized spacial score (nSPS) is 40.7. The molecular formula is C15H28N2O. The molecular weight excluding hydrogens is 224 g/mol. The second-order valence-corrected chi connectivity index (χ2v) is 6.84. The van der Waals surface area contributed by atoms with Crippen LogP contribution in [0.3, 0.4) is 0 Å². The van der Waals surface area contributed by atoms with E-state index < -0.39 is 0 Å². The Morgan fingerprint density at radius 1 is 1.33 bits per heavy atom. The summed E-state index contributed by atoms with van der Waals surface area (Å²) in [6.07, 6.45) is 8.05. The Kier molecular flexibility index (Phi) is 3.41. The zero-order valence-corrected chi connectivity index (χ0v) is 12.0. The number of ether oxygens (including phenoxy) is 1. The first-order valence-corrected chi connectivity index (χ1v) is 7.77. The van der Waals surface area contributed by atoms with Crippen molar-refractivity contribution >= 4 is 0 Å². The molecule has 0 radical (unpaired) electrons. The second-order valence-electron chi connectivity index (χ2n) is 6.84.